The van der Waals surface area contributed by atoms with Crippen LogP contribution in [-0.4, -0.2) is 27.1 Å². The average Bonchev–Trinajstić information content (AvgIpc) is 2.76. The van der Waals surface area contributed by atoms with Crippen LogP contribution in [0.15, 0.2) is 34.3 Å². The molecule has 0 bridgehead atoms. The van der Waals surface area contributed by atoms with Gasteiger partial charge in [0.1, 0.15) is 5.82 Å². The number of aromatic nitrogens is 3. The molecule has 0 unspecified atom stereocenters. The summed E-state index contributed by atoms with van der Waals surface area (Å²) in [7, 11) is 0. The number of hydrogen-bond donors (Lipinski definition) is 4. The smallest absolute Gasteiger partial charge is 0.223 e. The van der Waals surface area contributed by atoms with Gasteiger partial charge in [-0.25, -0.2) is 9.98 Å². The third-order valence-electron chi connectivity index (χ3n) is 2.43. The largest absolute Gasteiger partial charge is 0.370 e. The summed E-state index contributed by atoms with van der Waals surface area (Å²) in [6.07, 6.45) is 0.651. The van der Waals surface area contributed by atoms with Crippen molar-refractivity contribution in [1.82, 2.24) is 15.2 Å². The molecule has 104 valence electrons. The summed E-state index contributed by atoms with van der Waals surface area (Å²) in [6.45, 7) is 1.86. The standard InChI is InChI=1S/C12H16N8/c1-7-16-10(20-19-7)6-8-2-4-9(5-3-8)17-12(15)18-11(13)14/h2-5H,6H2,1H3,(H,16,19,20)(H6,13,14,15,17,18). The molecule has 0 aliphatic rings. The molecule has 0 spiro atoms. The van der Waals surface area contributed by atoms with Crippen LogP contribution in [0.2, 0.25) is 0 Å². The van der Waals surface area contributed by atoms with E-state index in [4.69, 9.17) is 17.2 Å². The average molecular weight is 272 g/mol. The van der Waals surface area contributed by atoms with Gasteiger partial charge in [-0.2, -0.15) is 10.1 Å². The molecular weight excluding hydrogens is 256 g/mol. The first-order valence-corrected chi connectivity index (χ1v) is 5.93. The van der Waals surface area contributed by atoms with Crippen molar-refractivity contribution < 1.29 is 0 Å². The molecule has 0 radical (unpaired) electrons. The summed E-state index contributed by atoms with van der Waals surface area (Å²) in [5.41, 5.74) is 17.7. The molecule has 2 aromatic rings. The molecular formula is C12H16N8. The Morgan fingerprint density at radius 2 is 1.90 bits per heavy atom. The number of aliphatic imine (C=N–C) groups is 2. The molecule has 8 nitrogen and oxygen atoms in total. The molecule has 1 aromatic carbocycles. The van der Waals surface area contributed by atoms with Crippen molar-refractivity contribution in [2.75, 3.05) is 0 Å². The maximum atomic E-state index is 5.55. The second kappa shape index (κ2) is 5.83. The summed E-state index contributed by atoms with van der Waals surface area (Å²) in [5.74, 6) is 1.44. The van der Waals surface area contributed by atoms with E-state index in [1.807, 2.05) is 31.2 Å². The quantitative estimate of drug-likeness (QED) is 0.456. The Morgan fingerprint density at radius 1 is 1.20 bits per heavy atom. The van der Waals surface area contributed by atoms with Crippen molar-refractivity contribution in [3.05, 3.63) is 41.5 Å². The van der Waals surface area contributed by atoms with Crippen molar-refractivity contribution in [3.8, 4) is 0 Å². The summed E-state index contributed by atoms with van der Waals surface area (Å²) < 4.78 is 0. The molecule has 2 rings (SSSR count). The van der Waals surface area contributed by atoms with Gasteiger partial charge in [-0.15, -0.1) is 0 Å². The lowest BCUT2D eigenvalue weighted by Gasteiger charge is -1.99. The molecule has 8 heteroatoms. The highest BCUT2D eigenvalue weighted by Gasteiger charge is 2.02. The van der Waals surface area contributed by atoms with E-state index in [0.29, 0.717) is 12.1 Å². The highest BCUT2D eigenvalue weighted by molar-refractivity contribution is 5.93. The van der Waals surface area contributed by atoms with Gasteiger partial charge in [-0.1, -0.05) is 12.1 Å². The van der Waals surface area contributed by atoms with Gasteiger partial charge in [-0.3, -0.25) is 5.10 Å². The Bertz CT molecular complexity index is 634. The number of aromatic amines is 1. The monoisotopic (exact) mass is 272 g/mol. The molecule has 0 fully saturated rings. The Morgan fingerprint density at radius 3 is 2.45 bits per heavy atom. The van der Waals surface area contributed by atoms with Crippen LogP contribution in [0.1, 0.15) is 17.2 Å². The van der Waals surface area contributed by atoms with Crippen LogP contribution >= 0.6 is 0 Å². The van der Waals surface area contributed by atoms with Gasteiger partial charge in [0.05, 0.1) is 5.69 Å². The molecule has 7 N–H and O–H groups in total. The first-order chi connectivity index (χ1) is 9.52. The SMILES string of the molecule is Cc1nc(Cc2ccc(N=C(N)N=C(N)N)cc2)n[nH]1. The molecule has 0 saturated carbocycles. The van der Waals surface area contributed by atoms with E-state index in [9.17, 15) is 0 Å². The van der Waals surface area contributed by atoms with E-state index >= 15 is 0 Å². The topological polar surface area (TPSA) is 144 Å². The minimum absolute atomic E-state index is 0.0161. The van der Waals surface area contributed by atoms with Gasteiger partial charge in [0.15, 0.2) is 11.8 Å². The summed E-state index contributed by atoms with van der Waals surface area (Å²) in [5, 5.41) is 6.89. The van der Waals surface area contributed by atoms with Crippen LogP contribution in [-0.2, 0) is 6.42 Å². The van der Waals surface area contributed by atoms with Crippen LogP contribution in [0, 0.1) is 6.92 Å². The van der Waals surface area contributed by atoms with Crippen LogP contribution in [0.4, 0.5) is 5.69 Å². The highest BCUT2D eigenvalue weighted by atomic mass is 15.2. The predicted octanol–water partition coefficient (Wildman–Crippen LogP) is -0.0765. The van der Waals surface area contributed by atoms with Crippen LogP contribution in [0.25, 0.3) is 0 Å². The van der Waals surface area contributed by atoms with Crippen molar-refractivity contribution in [1.29, 1.82) is 0 Å². The number of hydrogen-bond acceptors (Lipinski definition) is 3. The van der Waals surface area contributed by atoms with Gasteiger partial charge in [-0.05, 0) is 24.6 Å². The second-order valence-corrected chi connectivity index (χ2v) is 4.19. The highest BCUT2D eigenvalue weighted by Crippen LogP contribution is 2.14. The number of nitrogens with two attached hydrogens (primary N) is 3. The fourth-order valence-electron chi connectivity index (χ4n) is 1.63. The van der Waals surface area contributed by atoms with Crippen molar-refractivity contribution >= 4 is 17.6 Å². The summed E-state index contributed by atoms with van der Waals surface area (Å²) in [6, 6.07) is 7.49. The van der Waals surface area contributed by atoms with Crippen LogP contribution in [0.5, 0.6) is 0 Å². The minimum atomic E-state index is -0.122. The summed E-state index contributed by atoms with van der Waals surface area (Å²) >= 11 is 0. The lowest BCUT2D eigenvalue weighted by molar-refractivity contribution is 0.969. The number of rotatable bonds is 3. The molecule has 0 amide bonds. The predicted molar refractivity (Wildman–Crippen MR) is 77.5 cm³/mol. The molecule has 0 aliphatic heterocycles. The lowest BCUT2D eigenvalue weighted by atomic mass is 10.1. The normalized spacial score (nSPS) is 11.3. The van der Waals surface area contributed by atoms with Crippen molar-refractivity contribution in [3.63, 3.8) is 0 Å². The first kappa shape index (κ1) is 13.5. The zero-order valence-electron chi connectivity index (χ0n) is 11.0. The maximum absolute atomic E-state index is 5.55. The fraction of sp³-hybridized carbons (Fsp3) is 0.167. The van der Waals surface area contributed by atoms with Gasteiger partial charge >= 0.3 is 0 Å². The zero-order chi connectivity index (χ0) is 14.5. The number of nitrogens with zero attached hydrogens (tertiary/aromatic N) is 4. The van der Waals surface area contributed by atoms with Gasteiger partial charge < -0.3 is 17.2 Å². The minimum Gasteiger partial charge on any atom is -0.370 e. The number of H-pyrrole nitrogens is 1. The Hall–Kier alpha value is -2.90. The van der Waals surface area contributed by atoms with E-state index in [-0.39, 0.29) is 11.9 Å². The number of aryl methyl sites for hydroxylation is 1. The molecule has 20 heavy (non-hydrogen) atoms. The van der Waals surface area contributed by atoms with Gasteiger partial charge in [0.25, 0.3) is 0 Å². The Balaban J connectivity index is 2.08. The molecule has 1 aromatic heterocycles. The van der Waals surface area contributed by atoms with E-state index in [1.165, 1.54) is 0 Å². The summed E-state index contributed by atoms with van der Waals surface area (Å²) in [4.78, 5) is 12.0. The van der Waals surface area contributed by atoms with Crippen LogP contribution < -0.4 is 17.2 Å². The number of guanidine groups is 2. The molecule has 0 saturated heterocycles. The third kappa shape index (κ3) is 3.80. The van der Waals surface area contributed by atoms with E-state index < -0.39 is 0 Å². The fourth-order valence-corrected chi connectivity index (χ4v) is 1.63. The zero-order valence-corrected chi connectivity index (χ0v) is 11.0. The van der Waals surface area contributed by atoms with Crippen LogP contribution in [0.3, 0.4) is 0 Å². The second-order valence-electron chi connectivity index (χ2n) is 4.19. The molecule has 0 atom stereocenters. The van der Waals surface area contributed by atoms with Crippen molar-refractivity contribution in [2.24, 2.45) is 27.2 Å². The maximum Gasteiger partial charge on any atom is 0.223 e. The number of benzene rings is 1. The third-order valence-corrected chi connectivity index (χ3v) is 2.43. The van der Waals surface area contributed by atoms with Gasteiger partial charge in [0, 0.05) is 6.42 Å². The van der Waals surface area contributed by atoms with Gasteiger partial charge in [0.2, 0.25) is 5.96 Å². The molecule has 0 aliphatic carbocycles. The molecule has 1 heterocycles. The van der Waals surface area contributed by atoms with E-state index in [1.54, 1.807) is 0 Å². The van der Waals surface area contributed by atoms with E-state index in [2.05, 4.69) is 25.2 Å². The lowest BCUT2D eigenvalue weighted by Crippen LogP contribution is -2.26. The van der Waals surface area contributed by atoms with E-state index in [0.717, 1.165) is 17.2 Å². The Kier molecular flexibility index (Phi) is 3.94. The first-order valence-electron chi connectivity index (χ1n) is 5.93. The Labute approximate surface area is 115 Å². The number of nitrogens with one attached hydrogen (secondary N) is 1. The van der Waals surface area contributed by atoms with Crippen molar-refractivity contribution in [2.45, 2.75) is 13.3 Å².